The Balaban J connectivity index is 2.35. The average Bonchev–Trinajstić information content (AvgIpc) is 2.24. The van der Waals surface area contributed by atoms with Crippen molar-refractivity contribution in [2.24, 2.45) is 0 Å². The van der Waals surface area contributed by atoms with E-state index in [-0.39, 0.29) is 12.2 Å². The highest BCUT2D eigenvalue weighted by Gasteiger charge is 2.25. The molecule has 1 aliphatic carbocycles. The van der Waals surface area contributed by atoms with Crippen LogP contribution in [0.1, 0.15) is 25.7 Å². The molecule has 0 spiro atoms. The zero-order valence-electron chi connectivity index (χ0n) is 8.37. The van der Waals surface area contributed by atoms with Crippen molar-refractivity contribution < 1.29 is 9.47 Å². The minimum Gasteiger partial charge on any atom is -0.363 e. The van der Waals surface area contributed by atoms with Crippen molar-refractivity contribution in [2.75, 3.05) is 13.2 Å². The quantitative estimate of drug-likeness (QED) is 0.630. The molecule has 2 nitrogen and oxygen atoms in total. The first-order valence-corrected chi connectivity index (χ1v) is 4.98. The number of hydrogen-bond donors (Lipinski definition) is 0. The topological polar surface area (TPSA) is 18.5 Å². The molecule has 2 atom stereocenters. The van der Waals surface area contributed by atoms with E-state index >= 15 is 0 Å². The van der Waals surface area contributed by atoms with Gasteiger partial charge >= 0.3 is 0 Å². The van der Waals surface area contributed by atoms with Crippen molar-refractivity contribution >= 4 is 0 Å². The van der Waals surface area contributed by atoms with E-state index in [0.29, 0.717) is 13.2 Å². The lowest BCUT2D eigenvalue weighted by Crippen LogP contribution is -2.35. The van der Waals surface area contributed by atoms with Gasteiger partial charge in [0.15, 0.2) is 0 Å². The SMILES string of the molecule is C#CCO[C@H]1CCCC[C@@H]1OCC#C. The predicted molar refractivity (Wildman–Crippen MR) is 55.6 cm³/mol. The van der Waals surface area contributed by atoms with Crippen molar-refractivity contribution in [3.8, 4) is 24.7 Å². The summed E-state index contributed by atoms with van der Waals surface area (Å²) in [5.74, 6) is 4.95. The van der Waals surface area contributed by atoms with E-state index in [1.54, 1.807) is 0 Å². The van der Waals surface area contributed by atoms with E-state index in [1.165, 1.54) is 12.8 Å². The monoisotopic (exact) mass is 192 g/mol. The molecular formula is C12H16O2. The first kappa shape index (κ1) is 11.1. The van der Waals surface area contributed by atoms with Crippen LogP contribution in [0.15, 0.2) is 0 Å². The average molecular weight is 192 g/mol. The molecule has 14 heavy (non-hydrogen) atoms. The first-order chi connectivity index (χ1) is 6.88. The van der Waals surface area contributed by atoms with Gasteiger partial charge in [0.1, 0.15) is 13.2 Å². The largest absolute Gasteiger partial charge is 0.363 e. The summed E-state index contributed by atoms with van der Waals surface area (Å²) in [6.45, 7) is 0.723. The summed E-state index contributed by atoms with van der Waals surface area (Å²) in [4.78, 5) is 0. The molecule has 0 heterocycles. The van der Waals surface area contributed by atoms with Crippen LogP contribution in [-0.2, 0) is 9.47 Å². The van der Waals surface area contributed by atoms with Gasteiger partial charge in [0.05, 0.1) is 12.2 Å². The molecule has 1 rings (SSSR count). The number of terminal acetylenes is 2. The minimum atomic E-state index is 0.133. The maximum atomic E-state index is 5.51. The van der Waals surface area contributed by atoms with Gasteiger partial charge in [-0.15, -0.1) is 12.8 Å². The molecule has 0 bridgehead atoms. The molecule has 0 radical (unpaired) electrons. The van der Waals surface area contributed by atoms with Crippen LogP contribution in [0.3, 0.4) is 0 Å². The molecule has 1 aliphatic rings. The molecule has 0 amide bonds. The molecule has 2 heteroatoms. The summed E-state index contributed by atoms with van der Waals surface area (Å²) in [7, 11) is 0. The highest BCUT2D eigenvalue weighted by molar-refractivity contribution is 4.87. The number of rotatable bonds is 4. The Morgan fingerprint density at radius 1 is 0.929 bits per heavy atom. The smallest absolute Gasteiger partial charge is 0.107 e. The number of hydrogen-bond acceptors (Lipinski definition) is 2. The standard InChI is InChI=1S/C12H16O2/c1-3-9-13-11-7-5-6-8-12(11)14-10-4-2/h1-2,11-12H,5-10H2/t11-,12-/m0/s1. The summed E-state index contributed by atoms with van der Waals surface area (Å²) < 4.78 is 11.0. The van der Waals surface area contributed by atoms with Gasteiger partial charge in [-0.2, -0.15) is 0 Å². The Kier molecular flexibility index (Phi) is 5.15. The second-order valence-corrected chi connectivity index (χ2v) is 3.39. The van der Waals surface area contributed by atoms with Crippen molar-refractivity contribution in [1.82, 2.24) is 0 Å². The van der Waals surface area contributed by atoms with Crippen LogP contribution < -0.4 is 0 Å². The third-order valence-corrected chi connectivity index (χ3v) is 2.40. The van der Waals surface area contributed by atoms with E-state index in [1.807, 2.05) is 0 Å². The molecule has 0 aromatic carbocycles. The molecule has 0 aliphatic heterocycles. The second-order valence-electron chi connectivity index (χ2n) is 3.39. The van der Waals surface area contributed by atoms with Crippen LogP contribution in [-0.4, -0.2) is 25.4 Å². The number of ether oxygens (including phenoxy) is 2. The summed E-state index contributed by atoms with van der Waals surface area (Å²) >= 11 is 0. The van der Waals surface area contributed by atoms with Crippen LogP contribution in [0.2, 0.25) is 0 Å². The zero-order valence-corrected chi connectivity index (χ0v) is 8.37. The Labute approximate surface area is 86.0 Å². The Hall–Kier alpha value is -0.960. The van der Waals surface area contributed by atoms with Gasteiger partial charge in [0.25, 0.3) is 0 Å². The molecule has 0 unspecified atom stereocenters. The fourth-order valence-electron chi connectivity index (χ4n) is 1.75. The van der Waals surface area contributed by atoms with Crippen molar-refractivity contribution in [3.63, 3.8) is 0 Å². The molecule has 0 aromatic rings. The van der Waals surface area contributed by atoms with Gasteiger partial charge in [-0.25, -0.2) is 0 Å². The third-order valence-electron chi connectivity index (χ3n) is 2.40. The van der Waals surface area contributed by atoms with Crippen molar-refractivity contribution in [3.05, 3.63) is 0 Å². The van der Waals surface area contributed by atoms with E-state index in [0.717, 1.165) is 12.8 Å². The van der Waals surface area contributed by atoms with Crippen molar-refractivity contribution in [1.29, 1.82) is 0 Å². The fourth-order valence-corrected chi connectivity index (χ4v) is 1.75. The van der Waals surface area contributed by atoms with Crippen LogP contribution in [0.4, 0.5) is 0 Å². The second kappa shape index (κ2) is 6.49. The Bertz CT molecular complexity index is 208. The molecule has 1 saturated carbocycles. The third kappa shape index (κ3) is 3.42. The van der Waals surface area contributed by atoms with Crippen LogP contribution in [0.25, 0.3) is 0 Å². The van der Waals surface area contributed by atoms with Crippen molar-refractivity contribution in [2.45, 2.75) is 37.9 Å². The van der Waals surface area contributed by atoms with Gasteiger partial charge in [-0.05, 0) is 12.8 Å². The lowest BCUT2D eigenvalue weighted by atomic mass is 9.94. The lowest BCUT2D eigenvalue weighted by Gasteiger charge is -2.30. The van der Waals surface area contributed by atoms with E-state index in [2.05, 4.69) is 11.8 Å². The molecular weight excluding hydrogens is 176 g/mol. The fraction of sp³-hybridized carbons (Fsp3) is 0.667. The Morgan fingerprint density at radius 2 is 1.36 bits per heavy atom. The normalized spacial score (nSPS) is 26.4. The van der Waals surface area contributed by atoms with Gasteiger partial charge in [0, 0.05) is 0 Å². The highest BCUT2D eigenvalue weighted by Crippen LogP contribution is 2.23. The summed E-state index contributed by atoms with van der Waals surface area (Å²) in [6, 6.07) is 0. The minimum absolute atomic E-state index is 0.133. The maximum Gasteiger partial charge on any atom is 0.107 e. The van der Waals surface area contributed by atoms with E-state index < -0.39 is 0 Å². The van der Waals surface area contributed by atoms with Gasteiger partial charge in [-0.1, -0.05) is 24.7 Å². The molecule has 0 aromatic heterocycles. The van der Waals surface area contributed by atoms with E-state index in [4.69, 9.17) is 22.3 Å². The lowest BCUT2D eigenvalue weighted by molar-refractivity contribution is -0.0757. The molecule has 0 N–H and O–H groups in total. The summed E-state index contributed by atoms with van der Waals surface area (Å²) in [6.07, 6.45) is 15.0. The first-order valence-electron chi connectivity index (χ1n) is 4.98. The molecule has 0 saturated heterocycles. The highest BCUT2D eigenvalue weighted by atomic mass is 16.5. The van der Waals surface area contributed by atoms with Gasteiger partial charge in [0.2, 0.25) is 0 Å². The van der Waals surface area contributed by atoms with E-state index in [9.17, 15) is 0 Å². The van der Waals surface area contributed by atoms with Crippen LogP contribution >= 0.6 is 0 Å². The summed E-state index contributed by atoms with van der Waals surface area (Å²) in [5.41, 5.74) is 0. The van der Waals surface area contributed by atoms with Gasteiger partial charge < -0.3 is 9.47 Å². The zero-order chi connectivity index (χ0) is 10.2. The Morgan fingerprint density at radius 3 is 1.71 bits per heavy atom. The molecule has 1 fully saturated rings. The maximum absolute atomic E-state index is 5.51. The van der Waals surface area contributed by atoms with Gasteiger partial charge in [-0.3, -0.25) is 0 Å². The predicted octanol–water partition coefficient (Wildman–Crippen LogP) is 1.60. The van der Waals surface area contributed by atoms with Crippen LogP contribution in [0, 0.1) is 24.7 Å². The van der Waals surface area contributed by atoms with Crippen LogP contribution in [0.5, 0.6) is 0 Å². The summed E-state index contributed by atoms with van der Waals surface area (Å²) in [5, 5.41) is 0. The molecule has 76 valence electrons.